The van der Waals surface area contributed by atoms with E-state index in [1.807, 2.05) is 32.9 Å². The third-order valence-electron chi connectivity index (χ3n) is 5.15. The maximum absolute atomic E-state index is 12.3. The van der Waals surface area contributed by atoms with Crippen LogP contribution in [-0.4, -0.2) is 67.5 Å². The fraction of sp³-hybridized carbons (Fsp3) is 0.727. The highest BCUT2D eigenvalue weighted by Crippen LogP contribution is 2.16. The van der Waals surface area contributed by atoms with Crippen LogP contribution in [0.25, 0.3) is 0 Å². The Balaban J connectivity index is 0.00000341. The first-order chi connectivity index (χ1) is 14.4. The van der Waals surface area contributed by atoms with Crippen LogP contribution in [0.1, 0.15) is 52.2 Å². The van der Waals surface area contributed by atoms with Crippen molar-refractivity contribution in [2.24, 2.45) is 4.99 Å². The fourth-order valence-corrected chi connectivity index (χ4v) is 3.62. The number of halogens is 1. The standard InChI is InChI=1S/C22H36N4O4.HI/c1-22(2,3)30-21(27)26-12-10-17(16-26)25-20(23-11-9-18-8-6-14-28-18)24-15-19-7-4-5-13-29-19;/h6,8,14,17,19H,4-5,7,9-13,15-16H2,1-3H3,(H2,23,24,25);1H. The Morgan fingerprint density at radius 2 is 2.16 bits per heavy atom. The zero-order valence-corrected chi connectivity index (χ0v) is 21.2. The van der Waals surface area contributed by atoms with E-state index >= 15 is 0 Å². The molecule has 2 aliphatic heterocycles. The Bertz CT molecular complexity index is 684. The monoisotopic (exact) mass is 548 g/mol. The van der Waals surface area contributed by atoms with E-state index < -0.39 is 5.60 Å². The van der Waals surface area contributed by atoms with Crippen molar-refractivity contribution in [2.75, 3.05) is 32.8 Å². The van der Waals surface area contributed by atoms with Gasteiger partial charge in [0.1, 0.15) is 11.4 Å². The molecule has 2 unspecified atom stereocenters. The molecule has 0 radical (unpaired) electrons. The van der Waals surface area contributed by atoms with Crippen LogP contribution in [0.15, 0.2) is 27.8 Å². The number of amides is 1. The highest BCUT2D eigenvalue weighted by Gasteiger charge is 2.30. The minimum atomic E-state index is -0.484. The van der Waals surface area contributed by atoms with Gasteiger partial charge in [-0.05, 0) is 58.6 Å². The second-order valence-corrected chi connectivity index (χ2v) is 8.99. The molecule has 31 heavy (non-hydrogen) atoms. The third kappa shape index (κ3) is 9.26. The van der Waals surface area contributed by atoms with Gasteiger partial charge in [0.15, 0.2) is 5.96 Å². The average molecular weight is 548 g/mol. The minimum Gasteiger partial charge on any atom is -0.469 e. The highest BCUT2D eigenvalue weighted by atomic mass is 127. The number of guanidine groups is 1. The molecule has 0 spiro atoms. The summed E-state index contributed by atoms with van der Waals surface area (Å²) < 4.78 is 16.7. The van der Waals surface area contributed by atoms with Crippen LogP contribution >= 0.6 is 24.0 Å². The van der Waals surface area contributed by atoms with Gasteiger partial charge >= 0.3 is 6.09 Å². The first-order valence-corrected chi connectivity index (χ1v) is 11.1. The van der Waals surface area contributed by atoms with E-state index in [2.05, 4.69) is 10.6 Å². The number of likely N-dealkylation sites (tertiary alicyclic amines) is 1. The smallest absolute Gasteiger partial charge is 0.410 e. The number of nitrogens with zero attached hydrogens (tertiary/aromatic N) is 2. The summed E-state index contributed by atoms with van der Waals surface area (Å²) in [6.07, 6.45) is 6.64. The Labute approximate surface area is 202 Å². The predicted molar refractivity (Wildman–Crippen MR) is 131 cm³/mol. The lowest BCUT2D eigenvalue weighted by Gasteiger charge is -2.25. The van der Waals surface area contributed by atoms with Crippen molar-refractivity contribution in [2.45, 2.75) is 70.6 Å². The summed E-state index contributed by atoms with van der Waals surface area (Å²) in [6, 6.07) is 4.00. The molecular weight excluding hydrogens is 511 g/mol. The number of carbonyl (C=O) groups is 1. The maximum atomic E-state index is 12.3. The number of rotatable bonds is 6. The van der Waals surface area contributed by atoms with Gasteiger partial charge in [0.2, 0.25) is 0 Å². The normalized spacial score (nSPS) is 22.0. The number of ether oxygens (including phenoxy) is 2. The molecule has 9 heteroatoms. The van der Waals surface area contributed by atoms with Crippen LogP contribution in [0.3, 0.4) is 0 Å². The van der Waals surface area contributed by atoms with Gasteiger partial charge in [-0.15, -0.1) is 24.0 Å². The first kappa shape index (κ1) is 25.8. The Morgan fingerprint density at radius 3 is 2.84 bits per heavy atom. The van der Waals surface area contributed by atoms with Crippen molar-refractivity contribution in [1.29, 1.82) is 0 Å². The van der Waals surface area contributed by atoms with Crippen LogP contribution in [0, 0.1) is 0 Å². The molecule has 176 valence electrons. The number of aliphatic imine (C=N–C) groups is 1. The summed E-state index contributed by atoms with van der Waals surface area (Å²) in [6.45, 7) is 9.12. The van der Waals surface area contributed by atoms with Gasteiger partial charge in [-0.1, -0.05) is 0 Å². The Hall–Kier alpha value is -1.49. The van der Waals surface area contributed by atoms with Crippen LogP contribution in [-0.2, 0) is 15.9 Å². The van der Waals surface area contributed by atoms with Crippen LogP contribution in [0.2, 0.25) is 0 Å². The summed E-state index contributed by atoms with van der Waals surface area (Å²) in [5.41, 5.74) is -0.484. The average Bonchev–Trinajstić information content (AvgIpc) is 3.37. The van der Waals surface area contributed by atoms with Gasteiger partial charge in [0.25, 0.3) is 0 Å². The van der Waals surface area contributed by atoms with E-state index in [-0.39, 0.29) is 42.2 Å². The minimum absolute atomic E-state index is 0. The van der Waals surface area contributed by atoms with Crippen LogP contribution < -0.4 is 10.6 Å². The zero-order chi connectivity index (χ0) is 21.4. The van der Waals surface area contributed by atoms with E-state index in [4.69, 9.17) is 18.9 Å². The van der Waals surface area contributed by atoms with Crippen molar-refractivity contribution >= 4 is 36.0 Å². The molecule has 2 aliphatic rings. The maximum Gasteiger partial charge on any atom is 0.410 e. The molecule has 2 fully saturated rings. The van der Waals surface area contributed by atoms with Gasteiger partial charge in [0, 0.05) is 38.7 Å². The molecule has 1 amide bonds. The zero-order valence-electron chi connectivity index (χ0n) is 18.9. The van der Waals surface area contributed by atoms with E-state index in [1.54, 1.807) is 11.2 Å². The number of hydrogen-bond donors (Lipinski definition) is 2. The predicted octanol–water partition coefficient (Wildman–Crippen LogP) is 3.55. The van der Waals surface area contributed by atoms with Crippen LogP contribution in [0.4, 0.5) is 4.79 Å². The third-order valence-corrected chi connectivity index (χ3v) is 5.15. The first-order valence-electron chi connectivity index (χ1n) is 11.1. The van der Waals surface area contributed by atoms with E-state index in [0.717, 1.165) is 44.0 Å². The summed E-state index contributed by atoms with van der Waals surface area (Å²) >= 11 is 0. The van der Waals surface area contributed by atoms with Crippen LogP contribution in [0.5, 0.6) is 0 Å². The molecule has 2 N–H and O–H groups in total. The van der Waals surface area contributed by atoms with E-state index in [9.17, 15) is 4.79 Å². The lowest BCUT2D eigenvalue weighted by molar-refractivity contribution is 0.0224. The molecule has 8 nitrogen and oxygen atoms in total. The van der Waals surface area contributed by atoms with E-state index in [1.165, 1.54) is 6.42 Å². The molecule has 1 aromatic rings. The lowest BCUT2D eigenvalue weighted by Crippen LogP contribution is -2.46. The summed E-state index contributed by atoms with van der Waals surface area (Å²) in [4.78, 5) is 18.9. The van der Waals surface area contributed by atoms with Gasteiger partial charge in [-0.25, -0.2) is 4.79 Å². The Morgan fingerprint density at radius 1 is 1.32 bits per heavy atom. The van der Waals surface area contributed by atoms with Crippen molar-refractivity contribution in [1.82, 2.24) is 15.5 Å². The van der Waals surface area contributed by atoms with Gasteiger partial charge in [0.05, 0.1) is 18.9 Å². The second-order valence-electron chi connectivity index (χ2n) is 8.99. The molecule has 2 saturated heterocycles. The summed E-state index contributed by atoms with van der Waals surface area (Å²) in [5, 5.41) is 6.88. The summed E-state index contributed by atoms with van der Waals surface area (Å²) in [7, 11) is 0. The Kier molecular flexibility index (Phi) is 10.4. The molecule has 0 bridgehead atoms. The fourth-order valence-electron chi connectivity index (χ4n) is 3.62. The molecule has 0 aliphatic carbocycles. The highest BCUT2D eigenvalue weighted by molar-refractivity contribution is 14.0. The summed E-state index contributed by atoms with van der Waals surface area (Å²) in [5.74, 6) is 1.70. The number of carbonyl (C=O) groups excluding carboxylic acids is 1. The van der Waals surface area contributed by atoms with Gasteiger partial charge in [-0.3, -0.25) is 4.99 Å². The van der Waals surface area contributed by atoms with E-state index in [0.29, 0.717) is 26.2 Å². The number of furan rings is 1. The topological polar surface area (TPSA) is 88.3 Å². The number of nitrogens with one attached hydrogen (secondary N) is 2. The molecule has 2 atom stereocenters. The quantitative estimate of drug-likeness (QED) is 0.321. The molecule has 0 saturated carbocycles. The molecule has 0 aromatic carbocycles. The van der Waals surface area contributed by atoms with Gasteiger partial charge < -0.3 is 29.4 Å². The molecule has 3 rings (SSSR count). The second kappa shape index (κ2) is 12.5. The SMILES string of the molecule is CC(C)(C)OC(=O)N1CCC(NC(=NCC2CCCCO2)NCCc2ccco2)C1.I. The van der Waals surface area contributed by atoms with Crippen molar-refractivity contribution in [3.05, 3.63) is 24.2 Å². The largest absolute Gasteiger partial charge is 0.469 e. The van der Waals surface area contributed by atoms with Crippen molar-refractivity contribution < 1.29 is 18.7 Å². The molecular formula is C22H37IN4O4. The van der Waals surface area contributed by atoms with Crippen molar-refractivity contribution in [3.63, 3.8) is 0 Å². The molecule has 3 heterocycles. The van der Waals surface area contributed by atoms with Gasteiger partial charge in [-0.2, -0.15) is 0 Å². The van der Waals surface area contributed by atoms with Crippen molar-refractivity contribution in [3.8, 4) is 0 Å². The lowest BCUT2D eigenvalue weighted by atomic mass is 10.1. The number of hydrogen-bond acceptors (Lipinski definition) is 5. The molecule has 1 aromatic heterocycles.